The number of phosphoric acid groups is 1. The standard InChI is InChI=1S/C26H48NO6P/c1-2-3-4-5-6-7-8-9-10-11-12-13-14-18-22-31-24-26(28)25-33-34(29,30)32-23-21-27-19-16-15-17-20-27/h15-17,19-20,26,28H,2-14,18,21-25H2,1H3/p+1/t26-/m1/s1. The monoisotopic (exact) mass is 502 g/mol. The number of ether oxygens (including phenoxy) is 1. The van der Waals surface area contributed by atoms with Crippen LogP contribution in [0.4, 0.5) is 0 Å². The number of pyridine rings is 1. The van der Waals surface area contributed by atoms with Crippen molar-refractivity contribution in [1.82, 2.24) is 0 Å². The van der Waals surface area contributed by atoms with Crippen LogP contribution < -0.4 is 4.57 Å². The van der Waals surface area contributed by atoms with Crippen LogP contribution in [-0.2, 0) is 24.9 Å². The van der Waals surface area contributed by atoms with Gasteiger partial charge in [-0.2, -0.15) is 0 Å². The van der Waals surface area contributed by atoms with E-state index in [1.807, 2.05) is 35.2 Å². The Morgan fingerprint density at radius 2 is 1.26 bits per heavy atom. The van der Waals surface area contributed by atoms with Gasteiger partial charge in [-0.3, -0.25) is 9.05 Å². The molecule has 34 heavy (non-hydrogen) atoms. The molecule has 0 spiro atoms. The molecule has 0 aliphatic rings. The highest BCUT2D eigenvalue weighted by Crippen LogP contribution is 2.42. The molecule has 1 rings (SSSR count). The maximum atomic E-state index is 11.9. The van der Waals surface area contributed by atoms with Crippen LogP contribution in [0.2, 0.25) is 0 Å². The van der Waals surface area contributed by atoms with Crippen molar-refractivity contribution in [2.24, 2.45) is 0 Å². The molecule has 1 heterocycles. The van der Waals surface area contributed by atoms with E-state index in [-0.39, 0.29) is 19.8 Å². The van der Waals surface area contributed by atoms with Crippen LogP contribution >= 0.6 is 7.82 Å². The fourth-order valence-corrected chi connectivity index (χ4v) is 4.48. The Balaban J connectivity index is 1.86. The number of rotatable bonds is 24. The molecule has 0 fully saturated rings. The maximum Gasteiger partial charge on any atom is 0.472 e. The second kappa shape index (κ2) is 21.5. The number of unbranched alkanes of at least 4 members (excludes halogenated alkanes) is 13. The summed E-state index contributed by atoms with van der Waals surface area (Å²) >= 11 is 0. The third-order valence-corrected chi connectivity index (χ3v) is 6.75. The number of aliphatic hydroxyl groups is 1. The van der Waals surface area contributed by atoms with Crippen LogP contribution in [0.1, 0.15) is 96.8 Å². The minimum atomic E-state index is -4.19. The summed E-state index contributed by atoms with van der Waals surface area (Å²) in [7, 11) is -4.19. The molecule has 1 aromatic heterocycles. The highest BCUT2D eigenvalue weighted by molar-refractivity contribution is 7.47. The maximum absolute atomic E-state index is 11.9. The van der Waals surface area contributed by atoms with Gasteiger partial charge >= 0.3 is 7.82 Å². The van der Waals surface area contributed by atoms with Crippen molar-refractivity contribution in [3.05, 3.63) is 30.6 Å². The summed E-state index contributed by atoms with van der Waals surface area (Å²) in [5.74, 6) is 0. The van der Waals surface area contributed by atoms with E-state index in [1.54, 1.807) is 0 Å². The summed E-state index contributed by atoms with van der Waals surface area (Å²) in [6, 6.07) is 5.62. The summed E-state index contributed by atoms with van der Waals surface area (Å²) in [5.41, 5.74) is 0. The van der Waals surface area contributed by atoms with E-state index in [1.165, 1.54) is 77.0 Å². The van der Waals surface area contributed by atoms with Crippen molar-refractivity contribution in [2.45, 2.75) is 109 Å². The van der Waals surface area contributed by atoms with E-state index >= 15 is 0 Å². The molecular weight excluding hydrogens is 453 g/mol. The van der Waals surface area contributed by atoms with Gasteiger partial charge in [-0.05, 0) is 6.42 Å². The number of phosphoric ester groups is 1. The van der Waals surface area contributed by atoms with Crippen LogP contribution in [0.3, 0.4) is 0 Å². The molecule has 0 bridgehead atoms. The van der Waals surface area contributed by atoms with Gasteiger partial charge in [-0.1, -0.05) is 96.5 Å². The lowest BCUT2D eigenvalue weighted by Gasteiger charge is -2.15. The van der Waals surface area contributed by atoms with E-state index in [4.69, 9.17) is 13.8 Å². The van der Waals surface area contributed by atoms with Crippen molar-refractivity contribution in [3.8, 4) is 0 Å². The Labute approximate surface area is 207 Å². The highest BCUT2D eigenvalue weighted by atomic mass is 31.2. The van der Waals surface area contributed by atoms with E-state index in [0.717, 1.165) is 12.8 Å². The van der Waals surface area contributed by atoms with Crippen LogP contribution in [0.5, 0.6) is 0 Å². The zero-order chi connectivity index (χ0) is 24.7. The van der Waals surface area contributed by atoms with Gasteiger partial charge in [0, 0.05) is 18.7 Å². The molecule has 0 aliphatic heterocycles. The Morgan fingerprint density at radius 3 is 1.82 bits per heavy atom. The normalized spacial score (nSPS) is 14.2. The molecular formula is C26H49NO6P+. The topological polar surface area (TPSA) is 89.1 Å². The summed E-state index contributed by atoms with van der Waals surface area (Å²) in [5, 5.41) is 9.89. The Morgan fingerprint density at radius 1 is 0.735 bits per heavy atom. The Bertz CT molecular complexity index is 619. The molecule has 0 radical (unpaired) electrons. The molecule has 2 N–H and O–H groups in total. The third-order valence-electron chi connectivity index (χ3n) is 5.76. The number of aromatic nitrogens is 1. The largest absolute Gasteiger partial charge is 0.472 e. The summed E-state index contributed by atoms with van der Waals surface area (Å²) in [6.45, 7) is 3.09. The summed E-state index contributed by atoms with van der Waals surface area (Å²) < 4.78 is 29.0. The first-order valence-corrected chi connectivity index (χ1v) is 14.8. The summed E-state index contributed by atoms with van der Waals surface area (Å²) in [6.07, 6.45) is 21.1. The van der Waals surface area contributed by atoms with E-state index in [0.29, 0.717) is 13.2 Å². The van der Waals surface area contributed by atoms with Gasteiger partial charge in [-0.15, -0.1) is 0 Å². The molecule has 0 amide bonds. The molecule has 1 unspecified atom stereocenters. The van der Waals surface area contributed by atoms with Gasteiger partial charge in [0.05, 0.1) is 13.2 Å². The molecule has 198 valence electrons. The predicted octanol–water partition coefficient (Wildman–Crippen LogP) is 5.97. The SMILES string of the molecule is CCCCCCCCCCCCCCCCOC[C@@H](O)COP(=O)(O)OCC[n+]1ccccc1. The molecule has 8 heteroatoms. The first-order valence-electron chi connectivity index (χ1n) is 13.4. The van der Waals surface area contributed by atoms with Gasteiger partial charge in [0.1, 0.15) is 12.7 Å². The lowest BCUT2D eigenvalue weighted by atomic mass is 10.0. The van der Waals surface area contributed by atoms with Gasteiger partial charge in [-0.25, -0.2) is 9.13 Å². The second-order valence-electron chi connectivity index (χ2n) is 9.04. The van der Waals surface area contributed by atoms with Crippen molar-refractivity contribution < 1.29 is 32.9 Å². The molecule has 0 saturated carbocycles. The molecule has 7 nitrogen and oxygen atoms in total. The summed E-state index contributed by atoms with van der Waals surface area (Å²) in [4.78, 5) is 9.70. The zero-order valence-electron chi connectivity index (χ0n) is 21.3. The first-order chi connectivity index (χ1) is 16.5. The van der Waals surface area contributed by atoms with Crippen LogP contribution in [0.15, 0.2) is 30.6 Å². The molecule has 0 aromatic carbocycles. The molecule has 0 saturated heterocycles. The first kappa shape index (κ1) is 31.2. The number of aliphatic hydroxyl groups excluding tert-OH is 1. The van der Waals surface area contributed by atoms with E-state index in [9.17, 15) is 14.6 Å². The number of hydrogen-bond acceptors (Lipinski definition) is 5. The van der Waals surface area contributed by atoms with Crippen LogP contribution in [0, 0.1) is 0 Å². The number of hydrogen-bond donors (Lipinski definition) is 2. The molecule has 0 aliphatic carbocycles. The van der Waals surface area contributed by atoms with Crippen LogP contribution in [-0.4, -0.2) is 42.5 Å². The van der Waals surface area contributed by atoms with Gasteiger partial charge < -0.3 is 14.7 Å². The van der Waals surface area contributed by atoms with Gasteiger partial charge in [0.25, 0.3) is 0 Å². The average Bonchev–Trinajstić information content (AvgIpc) is 2.83. The van der Waals surface area contributed by atoms with Crippen molar-refractivity contribution in [1.29, 1.82) is 0 Å². The fourth-order valence-electron chi connectivity index (χ4n) is 3.73. The predicted molar refractivity (Wildman–Crippen MR) is 136 cm³/mol. The van der Waals surface area contributed by atoms with Crippen molar-refractivity contribution >= 4 is 7.82 Å². The smallest absolute Gasteiger partial charge is 0.388 e. The van der Waals surface area contributed by atoms with E-state index in [2.05, 4.69) is 6.92 Å². The van der Waals surface area contributed by atoms with Gasteiger partial charge in [0.2, 0.25) is 0 Å². The molecule has 1 aromatic rings. The van der Waals surface area contributed by atoms with Gasteiger partial charge in [0.15, 0.2) is 18.9 Å². The quantitative estimate of drug-likeness (QED) is 0.103. The lowest BCUT2D eigenvalue weighted by Crippen LogP contribution is -2.34. The third kappa shape index (κ3) is 19.5. The van der Waals surface area contributed by atoms with E-state index < -0.39 is 13.9 Å². The average molecular weight is 503 g/mol. The van der Waals surface area contributed by atoms with Crippen LogP contribution in [0.25, 0.3) is 0 Å². The Kier molecular flexibility index (Phi) is 19.7. The zero-order valence-corrected chi connectivity index (χ0v) is 22.2. The molecule has 2 atom stereocenters. The second-order valence-corrected chi connectivity index (χ2v) is 10.5. The minimum Gasteiger partial charge on any atom is -0.388 e. The number of nitrogens with zero attached hydrogens (tertiary/aromatic N) is 1. The Hall–Kier alpha value is -0.820. The fraction of sp³-hybridized carbons (Fsp3) is 0.808. The van der Waals surface area contributed by atoms with Crippen molar-refractivity contribution in [2.75, 3.05) is 26.4 Å². The highest BCUT2D eigenvalue weighted by Gasteiger charge is 2.23. The lowest BCUT2D eigenvalue weighted by molar-refractivity contribution is -0.697. The van der Waals surface area contributed by atoms with Crippen molar-refractivity contribution in [3.63, 3.8) is 0 Å². The minimum absolute atomic E-state index is 0.0359.